The summed E-state index contributed by atoms with van der Waals surface area (Å²) in [4.78, 5) is 12.5. The van der Waals surface area contributed by atoms with Crippen molar-refractivity contribution >= 4 is 22.6 Å². The molecule has 0 unspecified atom stereocenters. The fourth-order valence-electron chi connectivity index (χ4n) is 3.26. The molecule has 0 radical (unpaired) electrons. The number of aryl methyl sites for hydroxylation is 1. The van der Waals surface area contributed by atoms with Gasteiger partial charge in [0.1, 0.15) is 5.82 Å². The average Bonchev–Trinajstić information content (AvgIpc) is 3.43. The van der Waals surface area contributed by atoms with E-state index in [4.69, 9.17) is 0 Å². The smallest absolute Gasteiger partial charge is 0.305 e. The minimum Gasteiger partial charge on any atom is -0.305 e. The summed E-state index contributed by atoms with van der Waals surface area (Å²) in [6.07, 6.45) is -3.33. The fourth-order valence-corrected chi connectivity index (χ4v) is 3.26. The van der Waals surface area contributed by atoms with Crippen molar-refractivity contribution in [1.82, 2.24) is 9.78 Å². The maximum Gasteiger partial charge on any atom is 0.390 e. The molecule has 8 heteroatoms. The third kappa shape index (κ3) is 3.85. The molecule has 1 fully saturated rings. The van der Waals surface area contributed by atoms with Gasteiger partial charge in [0.2, 0.25) is 0 Å². The first-order valence-electron chi connectivity index (χ1n) is 8.95. The van der Waals surface area contributed by atoms with Crippen LogP contribution < -0.4 is 5.32 Å². The van der Waals surface area contributed by atoms with E-state index in [1.54, 1.807) is 6.07 Å². The van der Waals surface area contributed by atoms with Crippen molar-refractivity contribution in [1.29, 1.82) is 0 Å². The van der Waals surface area contributed by atoms with Gasteiger partial charge in [-0.2, -0.15) is 18.3 Å². The topological polar surface area (TPSA) is 46.9 Å². The summed E-state index contributed by atoms with van der Waals surface area (Å²) in [7, 11) is 0. The second-order valence-electron chi connectivity index (χ2n) is 6.92. The van der Waals surface area contributed by atoms with E-state index in [2.05, 4.69) is 10.4 Å². The first-order chi connectivity index (χ1) is 13.3. The number of fused-ring (bicyclic) bond motifs is 1. The van der Waals surface area contributed by atoms with Crippen LogP contribution >= 0.6 is 0 Å². The minimum atomic E-state index is -4.30. The second-order valence-corrected chi connectivity index (χ2v) is 6.92. The van der Waals surface area contributed by atoms with E-state index in [1.165, 1.54) is 28.9 Å². The molecule has 1 aliphatic rings. The number of aromatic nitrogens is 2. The number of anilines is 1. The van der Waals surface area contributed by atoms with Crippen molar-refractivity contribution in [3.63, 3.8) is 0 Å². The maximum atomic E-state index is 13.1. The number of carbonyl (C=O) groups excluding carboxylic acids is 1. The van der Waals surface area contributed by atoms with Gasteiger partial charge < -0.3 is 5.32 Å². The summed E-state index contributed by atoms with van der Waals surface area (Å²) < 4.78 is 52.6. The van der Waals surface area contributed by atoms with E-state index < -0.39 is 24.3 Å². The van der Waals surface area contributed by atoms with Crippen LogP contribution in [0.2, 0.25) is 0 Å². The van der Waals surface area contributed by atoms with Crippen molar-refractivity contribution in [2.45, 2.75) is 37.9 Å². The van der Waals surface area contributed by atoms with Gasteiger partial charge in [0.25, 0.3) is 5.91 Å². The molecule has 28 heavy (non-hydrogen) atoms. The predicted octanol–water partition coefficient (Wildman–Crippen LogP) is 5.26. The highest BCUT2D eigenvalue weighted by Crippen LogP contribution is 2.44. The lowest BCUT2D eigenvalue weighted by molar-refractivity contribution is -0.137. The Morgan fingerprint density at radius 1 is 1.14 bits per heavy atom. The standard InChI is InChI=1S/C20H17F4N3O/c21-14-8-6-13(7-9-14)19(28)25-18-16-3-1-2-15(12-4-5-12)17(16)27(26-18)11-10-20(22,23)24/h1-3,6-9,12H,4-5,10-11H2,(H,25,26,28). The molecule has 2 aromatic carbocycles. The Morgan fingerprint density at radius 3 is 2.50 bits per heavy atom. The lowest BCUT2D eigenvalue weighted by Gasteiger charge is -2.09. The Hall–Kier alpha value is -2.90. The van der Waals surface area contributed by atoms with Crippen LogP contribution in [0, 0.1) is 5.82 Å². The molecule has 0 aliphatic heterocycles. The molecule has 1 saturated carbocycles. The second kappa shape index (κ2) is 6.92. The molecule has 1 heterocycles. The molecule has 1 aromatic heterocycles. The number of rotatable bonds is 5. The highest BCUT2D eigenvalue weighted by molar-refractivity contribution is 6.08. The van der Waals surface area contributed by atoms with Gasteiger partial charge in [-0.3, -0.25) is 9.48 Å². The van der Waals surface area contributed by atoms with E-state index in [0.717, 1.165) is 18.4 Å². The zero-order valence-electron chi connectivity index (χ0n) is 14.8. The summed E-state index contributed by atoms with van der Waals surface area (Å²) >= 11 is 0. The third-order valence-electron chi connectivity index (χ3n) is 4.76. The predicted molar refractivity (Wildman–Crippen MR) is 96.7 cm³/mol. The van der Waals surface area contributed by atoms with Crippen molar-refractivity contribution < 1.29 is 22.4 Å². The van der Waals surface area contributed by atoms with Crippen molar-refractivity contribution in [2.24, 2.45) is 0 Å². The number of benzene rings is 2. The lowest BCUT2D eigenvalue weighted by atomic mass is 10.1. The first kappa shape index (κ1) is 18.5. The van der Waals surface area contributed by atoms with Crippen LogP contribution in [-0.2, 0) is 6.54 Å². The number of carbonyl (C=O) groups is 1. The molecule has 4 rings (SSSR count). The Labute approximate surface area is 158 Å². The molecule has 0 bridgehead atoms. The molecule has 3 aromatic rings. The molecule has 1 N–H and O–H groups in total. The molecule has 4 nitrogen and oxygen atoms in total. The van der Waals surface area contributed by atoms with Crippen LogP contribution in [0.25, 0.3) is 10.9 Å². The highest BCUT2D eigenvalue weighted by atomic mass is 19.4. The summed E-state index contributed by atoms with van der Waals surface area (Å²) in [6.45, 7) is -0.323. The SMILES string of the molecule is O=C(Nc1nn(CCC(F)(F)F)c2c(C3CC3)cccc12)c1ccc(F)cc1. The summed E-state index contributed by atoms with van der Waals surface area (Å²) in [5, 5.41) is 7.51. The van der Waals surface area contributed by atoms with Crippen LogP contribution in [0.3, 0.4) is 0 Å². The van der Waals surface area contributed by atoms with Crippen LogP contribution in [-0.4, -0.2) is 21.9 Å². The molecule has 0 spiro atoms. The number of para-hydroxylation sites is 1. The van der Waals surface area contributed by atoms with E-state index in [1.807, 2.05) is 12.1 Å². The Balaban J connectivity index is 1.70. The average molecular weight is 391 g/mol. The molecule has 146 valence electrons. The molecule has 1 aliphatic carbocycles. The number of amides is 1. The number of hydrogen-bond donors (Lipinski definition) is 1. The molecular weight excluding hydrogens is 374 g/mol. The first-order valence-corrected chi connectivity index (χ1v) is 8.95. The summed E-state index contributed by atoms with van der Waals surface area (Å²) in [5.74, 6) is -0.452. The van der Waals surface area contributed by atoms with E-state index in [0.29, 0.717) is 16.8 Å². The molecule has 0 saturated heterocycles. The van der Waals surface area contributed by atoms with Crippen LogP contribution in [0.5, 0.6) is 0 Å². The van der Waals surface area contributed by atoms with Gasteiger partial charge in [0.05, 0.1) is 18.5 Å². The van der Waals surface area contributed by atoms with E-state index in [-0.39, 0.29) is 17.9 Å². The zero-order valence-corrected chi connectivity index (χ0v) is 14.8. The van der Waals surface area contributed by atoms with Gasteiger partial charge in [0, 0.05) is 10.9 Å². The Morgan fingerprint density at radius 2 is 1.86 bits per heavy atom. The summed E-state index contributed by atoms with van der Waals surface area (Å²) in [5.41, 5.74) is 1.82. The Kier molecular flexibility index (Phi) is 4.56. The lowest BCUT2D eigenvalue weighted by Crippen LogP contribution is -2.15. The molecule has 1 amide bonds. The number of nitrogens with one attached hydrogen (secondary N) is 1. The zero-order chi connectivity index (χ0) is 19.9. The van der Waals surface area contributed by atoms with Gasteiger partial charge >= 0.3 is 6.18 Å². The van der Waals surface area contributed by atoms with E-state index >= 15 is 0 Å². The maximum absolute atomic E-state index is 13.1. The van der Waals surface area contributed by atoms with Crippen molar-refractivity contribution in [3.05, 3.63) is 59.4 Å². The number of hydrogen-bond acceptors (Lipinski definition) is 2. The van der Waals surface area contributed by atoms with Crippen LogP contribution in [0.4, 0.5) is 23.4 Å². The highest BCUT2D eigenvalue weighted by Gasteiger charge is 2.30. The Bertz CT molecular complexity index is 1020. The van der Waals surface area contributed by atoms with Gasteiger partial charge in [0.15, 0.2) is 5.82 Å². The largest absolute Gasteiger partial charge is 0.390 e. The fraction of sp³-hybridized carbons (Fsp3) is 0.300. The third-order valence-corrected chi connectivity index (χ3v) is 4.76. The van der Waals surface area contributed by atoms with Gasteiger partial charge in [-0.25, -0.2) is 4.39 Å². The number of nitrogens with zero attached hydrogens (tertiary/aromatic N) is 2. The van der Waals surface area contributed by atoms with E-state index in [9.17, 15) is 22.4 Å². The van der Waals surface area contributed by atoms with Crippen molar-refractivity contribution in [2.75, 3.05) is 5.32 Å². The normalized spacial score (nSPS) is 14.4. The van der Waals surface area contributed by atoms with Gasteiger partial charge in [-0.05, 0) is 54.7 Å². The van der Waals surface area contributed by atoms with Crippen LogP contribution in [0.15, 0.2) is 42.5 Å². The number of alkyl halides is 3. The molecule has 0 atom stereocenters. The van der Waals surface area contributed by atoms with Crippen LogP contribution in [0.1, 0.15) is 41.1 Å². The minimum absolute atomic E-state index is 0.203. The quantitative estimate of drug-likeness (QED) is 0.604. The molecular formula is C20H17F4N3O. The van der Waals surface area contributed by atoms with Gasteiger partial charge in [-0.1, -0.05) is 12.1 Å². The monoisotopic (exact) mass is 391 g/mol. The number of halogens is 4. The summed E-state index contributed by atoms with van der Waals surface area (Å²) in [6, 6.07) is 10.5. The van der Waals surface area contributed by atoms with Crippen molar-refractivity contribution in [3.8, 4) is 0 Å². The van der Waals surface area contributed by atoms with Gasteiger partial charge in [-0.15, -0.1) is 0 Å².